The van der Waals surface area contributed by atoms with Crippen molar-refractivity contribution in [1.82, 2.24) is 9.21 Å². The molecule has 1 aromatic carbocycles. The van der Waals surface area contributed by atoms with Gasteiger partial charge in [-0.3, -0.25) is 14.4 Å². The van der Waals surface area contributed by atoms with Crippen LogP contribution < -0.4 is 9.88 Å². The van der Waals surface area contributed by atoms with Gasteiger partial charge in [0.1, 0.15) is 6.04 Å². The number of benzene rings is 1. The Bertz CT molecular complexity index is 1140. The van der Waals surface area contributed by atoms with Gasteiger partial charge in [0.15, 0.2) is 22.7 Å². The van der Waals surface area contributed by atoms with Crippen molar-refractivity contribution in [2.45, 2.75) is 29.9 Å². The van der Waals surface area contributed by atoms with Crippen LogP contribution in [-0.2, 0) is 31.2 Å². The molecule has 2 saturated heterocycles. The summed E-state index contributed by atoms with van der Waals surface area (Å²) in [6.07, 6.45) is 3.87. The van der Waals surface area contributed by atoms with E-state index in [-0.39, 0.29) is 37.1 Å². The molecule has 2 aliphatic heterocycles. The van der Waals surface area contributed by atoms with Gasteiger partial charge in [-0.2, -0.15) is 4.57 Å². The number of carbonyl (C=O) groups is 3. The Hall–Kier alpha value is -2.96. The summed E-state index contributed by atoms with van der Waals surface area (Å²) < 4.78 is 35.6. The van der Waals surface area contributed by atoms with E-state index in [9.17, 15) is 27.4 Å². The lowest BCUT2D eigenvalue weighted by Gasteiger charge is -2.45. The molecule has 3 amide bonds. The Morgan fingerprint density at radius 1 is 1.16 bits per heavy atom. The number of thioether (sulfide) groups is 1. The topological polar surface area (TPSA) is 131 Å². The lowest BCUT2D eigenvalue weighted by atomic mass is 10.0. The average molecular weight is 477 g/mol. The molecule has 0 unspecified atom stereocenters. The molecule has 2 atom stereocenters. The summed E-state index contributed by atoms with van der Waals surface area (Å²) in [5.74, 6) is -1.23. The van der Waals surface area contributed by atoms with Crippen molar-refractivity contribution in [3.63, 3.8) is 0 Å². The molecular weight excluding hydrogens is 456 g/mol. The van der Waals surface area contributed by atoms with E-state index >= 15 is 0 Å². The fourth-order valence-electron chi connectivity index (χ4n) is 3.86. The monoisotopic (exact) mass is 476 g/mol. The van der Waals surface area contributed by atoms with Gasteiger partial charge in [-0.15, -0.1) is 11.8 Å². The molecule has 168 valence electrons. The summed E-state index contributed by atoms with van der Waals surface area (Å²) in [7, 11) is -4.85. The number of anilines is 1. The van der Waals surface area contributed by atoms with Gasteiger partial charge in [0.25, 0.3) is 11.8 Å². The number of hydrogen-bond acceptors (Lipinski definition) is 7. The lowest BCUT2D eigenvalue weighted by molar-refractivity contribution is -0.684. The summed E-state index contributed by atoms with van der Waals surface area (Å²) in [4.78, 5) is 38.8. The Balaban J connectivity index is 1.27. The van der Waals surface area contributed by atoms with Crippen LogP contribution in [0.25, 0.3) is 0 Å². The number of pyridine rings is 1. The zero-order chi connectivity index (χ0) is 22.9. The van der Waals surface area contributed by atoms with Crippen molar-refractivity contribution in [3.05, 3.63) is 54.9 Å². The van der Waals surface area contributed by atoms with Crippen molar-refractivity contribution < 1.29 is 31.9 Å². The smallest absolute Gasteiger partial charge is 0.290 e. The van der Waals surface area contributed by atoms with Crippen molar-refractivity contribution in [2.24, 2.45) is 0 Å². The molecule has 0 radical (unpaired) electrons. The van der Waals surface area contributed by atoms with Crippen molar-refractivity contribution >= 4 is 45.5 Å². The number of nitrogens with one attached hydrogen (secondary N) is 1. The third kappa shape index (κ3) is 4.61. The quantitative estimate of drug-likeness (QED) is 0.257. The van der Waals surface area contributed by atoms with Crippen LogP contribution in [0.4, 0.5) is 5.69 Å². The molecule has 0 aliphatic carbocycles. The third-order valence-electron chi connectivity index (χ3n) is 5.30. The van der Waals surface area contributed by atoms with E-state index in [1.807, 2.05) is 18.2 Å². The van der Waals surface area contributed by atoms with Gasteiger partial charge in [-0.1, -0.05) is 6.07 Å². The fraction of sp³-hybridized carbons (Fsp3) is 0.300. The highest BCUT2D eigenvalue weighted by molar-refractivity contribution is 8.00. The van der Waals surface area contributed by atoms with Crippen LogP contribution in [0.2, 0.25) is 0 Å². The first kappa shape index (κ1) is 22.2. The van der Waals surface area contributed by atoms with E-state index < -0.39 is 28.3 Å². The number of β-lactam (4-membered cyclic amide) rings is 1. The van der Waals surface area contributed by atoms with E-state index in [0.717, 1.165) is 4.90 Å². The SMILES string of the molecule is O=C(C[n+]1ccccc1)Nc1ccc(SCC(=O)N2CC[C@@H]3[C@H]2C(=O)N3S(=O)(=O)[O-])cc1. The first-order valence-corrected chi connectivity index (χ1v) is 12.1. The van der Waals surface area contributed by atoms with Crippen LogP contribution >= 0.6 is 11.8 Å². The molecule has 10 nitrogen and oxygen atoms in total. The van der Waals surface area contributed by atoms with E-state index in [2.05, 4.69) is 5.32 Å². The summed E-state index contributed by atoms with van der Waals surface area (Å²) >= 11 is 1.27. The molecular formula is C20H20N4O6S2. The van der Waals surface area contributed by atoms with E-state index in [1.165, 1.54) is 16.7 Å². The minimum atomic E-state index is -4.85. The van der Waals surface area contributed by atoms with Crippen molar-refractivity contribution in [1.29, 1.82) is 0 Å². The molecule has 2 aliphatic rings. The molecule has 2 aromatic rings. The molecule has 2 fully saturated rings. The second-order valence-corrected chi connectivity index (χ2v) is 9.69. The Kier molecular flexibility index (Phi) is 6.17. The largest absolute Gasteiger partial charge is 0.731 e. The van der Waals surface area contributed by atoms with E-state index in [0.29, 0.717) is 9.99 Å². The minimum absolute atomic E-state index is 0.0664. The van der Waals surface area contributed by atoms with Crippen molar-refractivity contribution in [2.75, 3.05) is 17.6 Å². The van der Waals surface area contributed by atoms with Gasteiger partial charge in [0, 0.05) is 29.3 Å². The predicted octanol–water partition coefficient (Wildman–Crippen LogP) is -0.0232. The summed E-state index contributed by atoms with van der Waals surface area (Å²) in [5.41, 5.74) is 0.628. The minimum Gasteiger partial charge on any atom is -0.731 e. The summed E-state index contributed by atoms with van der Waals surface area (Å²) in [6.45, 7) is 0.421. The molecule has 12 heteroatoms. The van der Waals surface area contributed by atoms with Crippen LogP contribution in [-0.4, -0.2) is 64.3 Å². The van der Waals surface area contributed by atoms with Crippen molar-refractivity contribution in [3.8, 4) is 0 Å². The zero-order valence-corrected chi connectivity index (χ0v) is 18.4. The zero-order valence-electron chi connectivity index (χ0n) is 16.8. The van der Waals surface area contributed by atoms with Gasteiger partial charge < -0.3 is 14.8 Å². The fourth-order valence-corrected chi connectivity index (χ4v) is 5.52. The maximum atomic E-state index is 12.5. The molecule has 1 N–H and O–H groups in total. The highest BCUT2D eigenvalue weighted by Crippen LogP contribution is 2.36. The number of rotatable bonds is 7. The Morgan fingerprint density at radius 3 is 2.50 bits per heavy atom. The van der Waals surface area contributed by atoms with Gasteiger partial charge in [0.05, 0.1) is 11.8 Å². The van der Waals surface area contributed by atoms with Gasteiger partial charge in [-0.25, -0.2) is 12.7 Å². The van der Waals surface area contributed by atoms with Crippen LogP contribution in [0, 0.1) is 0 Å². The second-order valence-electron chi connectivity index (χ2n) is 7.39. The maximum Gasteiger partial charge on any atom is 0.290 e. The second kappa shape index (κ2) is 8.88. The molecule has 0 spiro atoms. The number of hydrogen-bond donors (Lipinski definition) is 1. The number of likely N-dealkylation sites (tertiary alicyclic amines) is 1. The predicted molar refractivity (Wildman–Crippen MR) is 113 cm³/mol. The van der Waals surface area contributed by atoms with Gasteiger partial charge in [-0.05, 0) is 30.7 Å². The molecule has 4 rings (SSSR count). The summed E-state index contributed by atoms with van der Waals surface area (Å²) in [5, 5.41) is 2.81. The van der Waals surface area contributed by atoms with Gasteiger partial charge >= 0.3 is 0 Å². The number of nitrogens with zero attached hydrogens (tertiary/aromatic N) is 3. The normalized spacial score (nSPS) is 20.0. The van der Waals surface area contributed by atoms with Crippen LogP contribution in [0.5, 0.6) is 0 Å². The number of amides is 3. The molecule has 0 saturated carbocycles. The lowest BCUT2D eigenvalue weighted by Crippen LogP contribution is -2.68. The van der Waals surface area contributed by atoms with E-state index in [1.54, 1.807) is 41.2 Å². The van der Waals surface area contributed by atoms with Crippen LogP contribution in [0.15, 0.2) is 59.8 Å². The molecule has 3 heterocycles. The molecule has 32 heavy (non-hydrogen) atoms. The van der Waals surface area contributed by atoms with E-state index in [4.69, 9.17) is 0 Å². The highest BCUT2D eigenvalue weighted by atomic mass is 32.2. The Morgan fingerprint density at radius 2 is 1.84 bits per heavy atom. The highest BCUT2D eigenvalue weighted by Gasteiger charge is 2.57. The number of aromatic nitrogens is 1. The van der Waals surface area contributed by atoms with Crippen LogP contribution in [0.1, 0.15) is 6.42 Å². The summed E-state index contributed by atoms with van der Waals surface area (Å²) in [6, 6.07) is 10.9. The average Bonchev–Trinajstić information content (AvgIpc) is 3.11. The standard InChI is InChI=1S/C20H20N4O6S2/c25-17(12-22-9-2-1-3-10-22)21-14-4-6-15(7-5-14)31-13-18(26)23-11-8-16-19(23)20(27)24(16)32(28,29)30/h1-7,9-10,16,19H,8,11-13H2,(H-,21,25,28,29,30)/t16-,19+/m1/s1. The molecule has 1 aromatic heterocycles. The van der Waals surface area contributed by atoms with Crippen LogP contribution in [0.3, 0.4) is 0 Å². The van der Waals surface area contributed by atoms with Gasteiger partial charge in [0.2, 0.25) is 12.5 Å². The number of carbonyl (C=O) groups excluding carboxylic acids is 3. The molecule has 0 bridgehead atoms. The first-order valence-electron chi connectivity index (χ1n) is 9.79. The Labute approximate surface area is 189 Å². The first-order chi connectivity index (χ1) is 15.2. The maximum absolute atomic E-state index is 12.5. The number of fused-ring (bicyclic) bond motifs is 1. The third-order valence-corrected chi connectivity index (χ3v) is 7.23.